The molecule has 1 unspecified atom stereocenters. The lowest BCUT2D eigenvalue weighted by molar-refractivity contribution is -0.121. The van der Waals surface area contributed by atoms with Crippen LogP contribution in [0.15, 0.2) is 30.3 Å². The molecule has 1 saturated heterocycles. The first-order chi connectivity index (χ1) is 10.7. The van der Waals surface area contributed by atoms with Gasteiger partial charge in [-0.1, -0.05) is 44.2 Å². The number of piperazine rings is 1. The first-order valence-corrected chi connectivity index (χ1v) is 8.52. The van der Waals surface area contributed by atoms with E-state index in [-0.39, 0.29) is 11.9 Å². The van der Waals surface area contributed by atoms with E-state index in [1.807, 2.05) is 13.0 Å². The van der Waals surface area contributed by atoms with Crippen molar-refractivity contribution in [2.24, 2.45) is 0 Å². The first kappa shape index (κ1) is 17.0. The van der Waals surface area contributed by atoms with E-state index in [0.29, 0.717) is 13.0 Å². The molecule has 122 valence electrons. The van der Waals surface area contributed by atoms with Crippen LogP contribution in [0, 0.1) is 0 Å². The summed E-state index contributed by atoms with van der Waals surface area (Å²) < 4.78 is 0. The number of likely N-dealkylation sites (N-methyl/N-ethyl adjacent to an activating group) is 1. The van der Waals surface area contributed by atoms with Gasteiger partial charge in [0.05, 0.1) is 6.04 Å². The molecule has 2 rings (SSSR count). The van der Waals surface area contributed by atoms with Gasteiger partial charge in [-0.15, -0.1) is 0 Å². The van der Waals surface area contributed by atoms with E-state index >= 15 is 0 Å². The van der Waals surface area contributed by atoms with Crippen LogP contribution >= 0.6 is 0 Å². The van der Waals surface area contributed by atoms with Gasteiger partial charge >= 0.3 is 0 Å². The number of rotatable bonds is 7. The Bertz CT molecular complexity index is 441. The lowest BCUT2D eigenvalue weighted by atomic mass is 10.0. The Hall–Kier alpha value is -1.39. The van der Waals surface area contributed by atoms with Crippen LogP contribution in [0.5, 0.6) is 0 Å². The summed E-state index contributed by atoms with van der Waals surface area (Å²) >= 11 is 0. The average molecular weight is 303 g/mol. The highest BCUT2D eigenvalue weighted by molar-refractivity contribution is 5.75. The van der Waals surface area contributed by atoms with Gasteiger partial charge in [0.25, 0.3) is 0 Å². The predicted octanol–water partition coefficient (Wildman–Crippen LogP) is 2.28. The van der Waals surface area contributed by atoms with Gasteiger partial charge < -0.3 is 10.2 Å². The number of benzene rings is 1. The van der Waals surface area contributed by atoms with Crippen LogP contribution in [0.4, 0.5) is 0 Å². The molecule has 0 aromatic heterocycles. The maximum absolute atomic E-state index is 11.8. The monoisotopic (exact) mass is 303 g/mol. The number of carbonyl (C=O) groups excluding carboxylic acids is 1. The van der Waals surface area contributed by atoms with Gasteiger partial charge in [-0.25, -0.2) is 0 Å². The van der Waals surface area contributed by atoms with Crippen LogP contribution in [0.1, 0.15) is 38.3 Å². The fourth-order valence-electron chi connectivity index (χ4n) is 3.05. The zero-order valence-electron chi connectivity index (χ0n) is 13.9. The molecule has 1 heterocycles. The molecule has 0 radical (unpaired) electrons. The molecule has 0 spiro atoms. The lowest BCUT2D eigenvalue weighted by Crippen LogP contribution is -2.49. The molecule has 1 aliphatic rings. The largest absolute Gasteiger partial charge is 0.354 e. The highest BCUT2D eigenvalue weighted by Gasteiger charge is 2.24. The highest BCUT2D eigenvalue weighted by atomic mass is 16.1. The van der Waals surface area contributed by atoms with Gasteiger partial charge in [-0.05, 0) is 18.5 Å². The second kappa shape index (κ2) is 8.91. The molecule has 1 amide bonds. The summed E-state index contributed by atoms with van der Waals surface area (Å²) in [4.78, 5) is 16.8. The van der Waals surface area contributed by atoms with Crippen LogP contribution in [0.3, 0.4) is 0 Å². The Morgan fingerprint density at radius 3 is 2.41 bits per heavy atom. The van der Waals surface area contributed by atoms with Gasteiger partial charge in [-0.2, -0.15) is 0 Å². The van der Waals surface area contributed by atoms with E-state index in [9.17, 15) is 4.79 Å². The summed E-state index contributed by atoms with van der Waals surface area (Å²) in [6.45, 7) is 10.4. The van der Waals surface area contributed by atoms with E-state index in [0.717, 1.165) is 39.1 Å². The van der Waals surface area contributed by atoms with Crippen LogP contribution in [0.2, 0.25) is 0 Å². The summed E-state index contributed by atoms with van der Waals surface area (Å²) in [5.74, 6) is 0.163. The minimum absolute atomic E-state index is 0.163. The third kappa shape index (κ3) is 4.82. The smallest absolute Gasteiger partial charge is 0.220 e. The lowest BCUT2D eigenvalue weighted by Gasteiger charge is -2.39. The molecule has 1 N–H and O–H groups in total. The Labute approximate surface area is 134 Å². The molecule has 4 nitrogen and oxygen atoms in total. The maximum Gasteiger partial charge on any atom is 0.220 e. The van der Waals surface area contributed by atoms with Gasteiger partial charge in [0.2, 0.25) is 5.91 Å². The molecule has 1 aliphatic heterocycles. The van der Waals surface area contributed by atoms with Gasteiger partial charge in [0.15, 0.2) is 0 Å². The van der Waals surface area contributed by atoms with Crippen LogP contribution in [0.25, 0.3) is 0 Å². The third-order valence-corrected chi connectivity index (χ3v) is 4.45. The van der Waals surface area contributed by atoms with E-state index in [4.69, 9.17) is 0 Å². The standard InChI is InChI=1S/C18H29N3O/c1-3-8-18(22)19-15-17(16-9-6-5-7-10-16)21-13-11-20(4-2)12-14-21/h5-7,9-10,17H,3-4,8,11-15H2,1-2H3,(H,19,22). The average Bonchev–Trinajstić information content (AvgIpc) is 2.57. The molecule has 22 heavy (non-hydrogen) atoms. The van der Waals surface area contributed by atoms with Crippen molar-refractivity contribution in [2.45, 2.75) is 32.7 Å². The molecule has 0 bridgehead atoms. The summed E-state index contributed by atoms with van der Waals surface area (Å²) in [5, 5.41) is 3.11. The number of nitrogens with one attached hydrogen (secondary N) is 1. The minimum Gasteiger partial charge on any atom is -0.354 e. The van der Waals surface area contributed by atoms with E-state index < -0.39 is 0 Å². The second-order valence-corrected chi connectivity index (χ2v) is 5.95. The molecule has 4 heteroatoms. The minimum atomic E-state index is 0.163. The highest BCUT2D eigenvalue weighted by Crippen LogP contribution is 2.21. The summed E-state index contributed by atoms with van der Waals surface area (Å²) in [7, 11) is 0. The number of nitrogens with zero attached hydrogens (tertiary/aromatic N) is 2. The molecule has 1 aromatic rings. The molecule has 1 fully saturated rings. The number of hydrogen-bond donors (Lipinski definition) is 1. The van der Waals surface area contributed by atoms with Crippen molar-refractivity contribution in [3.05, 3.63) is 35.9 Å². The summed E-state index contributed by atoms with van der Waals surface area (Å²) in [6, 6.07) is 10.8. The summed E-state index contributed by atoms with van der Waals surface area (Å²) in [5.41, 5.74) is 1.30. The van der Waals surface area contributed by atoms with E-state index in [2.05, 4.69) is 46.3 Å². The molecule has 1 atom stereocenters. The normalized spacial score (nSPS) is 18.1. The SMILES string of the molecule is CCCC(=O)NCC(c1ccccc1)N1CCN(CC)CC1. The van der Waals surface area contributed by atoms with E-state index in [1.165, 1.54) is 5.56 Å². The number of amides is 1. The molecule has 0 aliphatic carbocycles. The van der Waals surface area contributed by atoms with Crippen molar-refractivity contribution in [3.8, 4) is 0 Å². The number of hydrogen-bond acceptors (Lipinski definition) is 3. The fraction of sp³-hybridized carbons (Fsp3) is 0.611. The van der Waals surface area contributed by atoms with Crippen molar-refractivity contribution in [1.82, 2.24) is 15.1 Å². The predicted molar refractivity (Wildman–Crippen MR) is 90.8 cm³/mol. The molecular formula is C18H29N3O. The zero-order chi connectivity index (χ0) is 15.8. The second-order valence-electron chi connectivity index (χ2n) is 5.95. The Morgan fingerprint density at radius 1 is 1.14 bits per heavy atom. The van der Waals surface area contributed by atoms with Gasteiger partial charge in [-0.3, -0.25) is 9.69 Å². The van der Waals surface area contributed by atoms with Crippen molar-refractivity contribution in [3.63, 3.8) is 0 Å². The molecule has 0 saturated carbocycles. The van der Waals surface area contributed by atoms with Gasteiger partial charge in [0, 0.05) is 39.1 Å². The van der Waals surface area contributed by atoms with Crippen LogP contribution < -0.4 is 5.32 Å². The fourth-order valence-corrected chi connectivity index (χ4v) is 3.05. The maximum atomic E-state index is 11.8. The first-order valence-electron chi connectivity index (χ1n) is 8.52. The van der Waals surface area contributed by atoms with Crippen molar-refractivity contribution in [1.29, 1.82) is 0 Å². The zero-order valence-corrected chi connectivity index (χ0v) is 13.9. The quantitative estimate of drug-likeness (QED) is 0.839. The Morgan fingerprint density at radius 2 is 1.82 bits per heavy atom. The number of carbonyl (C=O) groups is 1. The van der Waals surface area contributed by atoms with Crippen LogP contribution in [-0.2, 0) is 4.79 Å². The van der Waals surface area contributed by atoms with Crippen molar-refractivity contribution in [2.75, 3.05) is 39.3 Å². The molecule has 1 aromatic carbocycles. The van der Waals surface area contributed by atoms with Gasteiger partial charge in [0.1, 0.15) is 0 Å². The van der Waals surface area contributed by atoms with E-state index in [1.54, 1.807) is 0 Å². The topological polar surface area (TPSA) is 35.6 Å². The summed E-state index contributed by atoms with van der Waals surface area (Å²) in [6.07, 6.45) is 1.52. The Balaban J connectivity index is 2.01. The Kier molecular flexibility index (Phi) is 6.87. The van der Waals surface area contributed by atoms with Crippen molar-refractivity contribution < 1.29 is 4.79 Å². The van der Waals surface area contributed by atoms with Crippen molar-refractivity contribution >= 4 is 5.91 Å². The third-order valence-electron chi connectivity index (χ3n) is 4.45. The van der Waals surface area contributed by atoms with Crippen LogP contribution in [-0.4, -0.2) is 55.0 Å². The molecular weight excluding hydrogens is 274 g/mol.